The number of nitrogens with one attached hydrogen (secondary N) is 1. The molecular weight excluding hydrogens is 298 g/mol. The second-order valence-electron chi connectivity index (χ2n) is 5.91. The quantitative estimate of drug-likeness (QED) is 0.644. The van der Waals surface area contributed by atoms with Crippen molar-refractivity contribution >= 4 is 21.5 Å². The SMILES string of the molecule is CCC(C)c1ccc(NC(N)=NCC2CCCS2(=O)=O)cc1. The Labute approximate surface area is 132 Å². The fourth-order valence-electron chi connectivity index (χ4n) is 2.58. The van der Waals surface area contributed by atoms with Crippen LogP contribution in [0.4, 0.5) is 5.69 Å². The van der Waals surface area contributed by atoms with E-state index in [-0.39, 0.29) is 23.5 Å². The van der Waals surface area contributed by atoms with E-state index in [9.17, 15) is 8.42 Å². The Bertz CT molecular complexity index is 623. The first-order valence-corrected chi connectivity index (χ1v) is 9.52. The van der Waals surface area contributed by atoms with Crippen LogP contribution in [-0.4, -0.2) is 31.9 Å². The Balaban J connectivity index is 1.94. The number of nitrogens with zero attached hydrogens (tertiary/aromatic N) is 1. The number of benzene rings is 1. The van der Waals surface area contributed by atoms with E-state index < -0.39 is 9.84 Å². The summed E-state index contributed by atoms with van der Waals surface area (Å²) in [6.45, 7) is 4.60. The number of hydrogen-bond donors (Lipinski definition) is 2. The third-order valence-corrected chi connectivity index (χ3v) is 6.55. The minimum absolute atomic E-state index is 0.242. The van der Waals surface area contributed by atoms with Crippen molar-refractivity contribution in [2.45, 2.75) is 44.3 Å². The van der Waals surface area contributed by atoms with Crippen LogP contribution in [0.3, 0.4) is 0 Å². The van der Waals surface area contributed by atoms with E-state index in [1.54, 1.807) is 0 Å². The van der Waals surface area contributed by atoms with E-state index >= 15 is 0 Å². The predicted octanol–water partition coefficient (Wildman–Crippen LogP) is 2.50. The molecule has 1 aliphatic rings. The normalized spacial score (nSPS) is 22.5. The van der Waals surface area contributed by atoms with Crippen LogP contribution in [0.15, 0.2) is 29.3 Å². The Morgan fingerprint density at radius 3 is 2.64 bits per heavy atom. The van der Waals surface area contributed by atoms with Crippen molar-refractivity contribution in [3.05, 3.63) is 29.8 Å². The van der Waals surface area contributed by atoms with Gasteiger partial charge in [0.05, 0.1) is 17.5 Å². The highest BCUT2D eigenvalue weighted by Crippen LogP contribution is 2.21. The van der Waals surface area contributed by atoms with Gasteiger partial charge in [0.25, 0.3) is 0 Å². The largest absolute Gasteiger partial charge is 0.370 e. The molecule has 6 heteroatoms. The van der Waals surface area contributed by atoms with Crippen LogP contribution in [0.1, 0.15) is 44.6 Å². The highest BCUT2D eigenvalue weighted by atomic mass is 32.2. The van der Waals surface area contributed by atoms with Gasteiger partial charge >= 0.3 is 0 Å². The lowest BCUT2D eigenvalue weighted by Crippen LogP contribution is -2.26. The molecule has 3 N–H and O–H groups in total. The third kappa shape index (κ3) is 4.22. The fraction of sp³-hybridized carbons (Fsp3) is 0.562. The average molecular weight is 323 g/mol. The van der Waals surface area contributed by atoms with Crippen LogP contribution >= 0.6 is 0 Å². The lowest BCUT2D eigenvalue weighted by Gasteiger charge is -2.11. The minimum Gasteiger partial charge on any atom is -0.370 e. The van der Waals surface area contributed by atoms with Gasteiger partial charge in [0.1, 0.15) is 0 Å². The summed E-state index contributed by atoms with van der Waals surface area (Å²) in [6, 6.07) is 8.09. The zero-order valence-electron chi connectivity index (χ0n) is 13.2. The van der Waals surface area contributed by atoms with Gasteiger partial charge in [-0.3, -0.25) is 4.99 Å². The molecule has 2 atom stereocenters. The molecule has 1 saturated heterocycles. The smallest absolute Gasteiger partial charge is 0.193 e. The van der Waals surface area contributed by atoms with Gasteiger partial charge < -0.3 is 11.1 Å². The fourth-order valence-corrected chi connectivity index (χ4v) is 4.31. The van der Waals surface area contributed by atoms with Crippen molar-refractivity contribution in [3.63, 3.8) is 0 Å². The average Bonchev–Trinajstić information content (AvgIpc) is 2.83. The maximum absolute atomic E-state index is 11.7. The van der Waals surface area contributed by atoms with Crippen molar-refractivity contribution < 1.29 is 8.42 Å². The molecule has 0 amide bonds. The van der Waals surface area contributed by atoms with Gasteiger partial charge in [0, 0.05) is 5.69 Å². The standard InChI is InChI=1S/C16H25N3O2S/c1-3-12(2)13-6-8-14(9-7-13)19-16(17)18-11-15-5-4-10-22(15,20)21/h6-9,12,15H,3-5,10-11H2,1-2H3,(H3,17,18,19). The van der Waals surface area contributed by atoms with E-state index in [2.05, 4.69) is 36.3 Å². The summed E-state index contributed by atoms with van der Waals surface area (Å²) in [5, 5.41) is 2.64. The molecule has 22 heavy (non-hydrogen) atoms. The van der Waals surface area contributed by atoms with Gasteiger partial charge in [-0.25, -0.2) is 8.42 Å². The van der Waals surface area contributed by atoms with Crippen LogP contribution in [0.5, 0.6) is 0 Å². The predicted molar refractivity (Wildman–Crippen MR) is 92.1 cm³/mol. The van der Waals surface area contributed by atoms with E-state index in [0.29, 0.717) is 12.3 Å². The van der Waals surface area contributed by atoms with E-state index in [1.165, 1.54) is 5.56 Å². The summed E-state index contributed by atoms with van der Waals surface area (Å²) in [7, 11) is -2.96. The highest BCUT2D eigenvalue weighted by molar-refractivity contribution is 7.92. The van der Waals surface area contributed by atoms with Crippen LogP contribution in [0.25, 0.3) is 0 Å². The molecule has 122 valence electrons. The molecule has 0 radical (unpaired) electrons. The van der Waals surface area contributed by atoms with E-state index in [0.717, 1.165) is 18.5 Å². The number of rotatable bonds is 5. The van der Waals surface area contributed by atoms with Gasteiger partial charge in [-0.1, -0.05) is 26.0 Å². The van der Waals surface area contributed by atoms with Gasteiger partial charge in [-0.15, -0.1) is 0 Å². The number of guanidine groups is 1. The van der Waals surface area contributed by atoms with Gasteiger partial charge in [0.15, 0.2) is 15.8 Å². The van der Waals surface area contributed by atoms with Crippen LogP contribution in [0, 0.1) is 0 Å². The van der Waals surface area contributed by atoms with Gasteiger partial charge in [-0.2, -0.15) is 0 Å². The summed E-state index contributed by atoms with van der Waals surface area (Å²) in [5.74, 6) is 1.07. The zero-order chi connectivity index (χ0) is 16.2. The number of anilines is 1. The molecule has 1 aromatic rings. The van der Waals surface area contributed by atoms with Crippen molar-refractivity contribution in [1.82, 2.24) is 0 Å². The second-order valence-corrected chi connectivity index (χ2v) is 8.31. The second kappa shape index (κ2) is 7.13. The number of nitrogens with two attached hydrogens (primary N) is 1. The molecule has 0 bridgehead atoms. The molecule has 1 heterocycles. The number of hydrogen-bond acceptors (Lipinski definition) is 3. The zero-order valence-corrected chi connectivity index (χ0v) is 14.1. The van der Waals surface area contributed by atoms with E-state index in [1.807, 2.05) is 12.1 Å². The first-order chi connectivity index (χ1) is 10.4. The molecule has 5 nitrogen and oxygen atoms in total. The summed E-state index contributed by atoms with van der Waals surface area (Å²) >= 11 is 0. The van der Waals surface area contributed by atoms with E-state index in [4.69, 9.17) is 5.73 Å². The Hall–Kier alpha value is -1.56. The maximum atomic E-state index is 11.7. The lowest BCUT2D eigenvalue weighted by molar-refractivity contribution is 0.590. The summed E-state index contributed by atoms with van der Waals surface area (Å²) in [4.78, 5) is 4.17. The molecule has 2 rings (SSSR count). The summed E-state index contributed by atoms with van der Waals surface area (Å²) in [5.41, 5.74) is 8.00. The van der Waals surface area contributed by atoms with Gasteiger partial charge in [-0.05, 0) is 42.9 Å². The Morgan fingerprint density at radius 2 is 2.09 bits per heavy atom. The van der Waals surface area contributed by atoms with Crippen LogP contribution in [-0.2, 0) is 9.84 Å². The molecule has 0 spiro atoms. The molecule has 2 unspecified atom stereocenters. The van der Waals surface area contributed by atoms with Crippen LogP contribution in [0.2, 0.25) is 0 Å². The first-order valence-electron chi connectivity index (χ1n) is 7.81. The molecule has 1 aromatic carbocycles. The third-order valence-electron chi connectivity index (χ3n) is 4.29. The number of aliphatic imine (C=N–C) groups is 1. The van der Waals surface area contributed by atoms with Crippen molar-refractivity contribution in [2.24, 2.45) is 10.7 Å². The molecule has 0 aliphatic carbocycles. The van der Waals surface area contributed by atoms with Gasteiger partial charge in [0.2, 0.25) is 0 Å². The van der Waals surface area contributed by atoms with Crippen molar-refractivity contribution in [2.75, 3.05) is 17.6 Å². The van der Waals surface area contributed by atoms with Crippen molar-refractivity contribution in [1.29, 1.82) is 0 Å². The van der Waals surface area contributed by atoms with Crippen molar-refractivity contribution in [3.8, 4) is 0 Å². The highest BCUT2D eigenvalue weighted by Gasteiger charge is 2.30. The molecule has 1 aliphatic heterocycles. The monoisotopic (exact) mass is 323 g/mol. The molecule has 0 aromatic heterocycles. The minimum atomic E-state index is -2.96. The lowest BCUT2D eigenvalue weighted by atomic mass is 9.99. The summed E-state index contributed by atoms with van der Waals surface area (Å²) in [6.07, 6.45) is 2.52. The molecule has 1 fully saturated rings. The molecule has 0 saturated carbocycles. The first kappa shape index (κ1) is 16.8. The Kier molecular flexibility index (Phi) is 5.45. The Morgan fingerprint density at radius 1 is 1.41 bits per heavy atom. The summed E-state index contributed by atoms with van der Waals surface area (Å²) < 4.78 is 23.5. The topological polar surface area (TPSA) is 84.5 Å². The molecular formula is C16H25N3O2S. The maximum Gasteiger partial charge on any atom is 0.193 e. The number of sulfone groups is 1. The van der Waals surface area contributed by atoms with Crippen LogP contribution < -0.4 is 11.1 Å².